The Balaban J connectivity index is 1.45. The smallest absolute Gasteiger partial charge is 0.234 e. The first kappa shape index (κ1) is 22.7. The van der Waals surface area contributed by atoms with Gasteiger partial charge in [-0.05, 0) is 62.2 Å². The van der Waals surface area contributed by atoms with E-state index in [1.807, 2.05) is 79.9 Å². The van der Waals surface area contributed by atoms with Gasteiger partial charge in [-0.2, -0.15) is 0 Å². The summed E-state index contributed by atoms with van der Waals surface area (Å²) in [6.07, 6.45) is 1.63. The summed E-state index contributed by atoms with van der Waals surface area (Å²) in [7, 11) is 0. The number of thioether (sulfide) groups is 1. The Hall–Kier alpha value is -3.52. The highest BCUT2D eigenvalue weighted by Crippen LogP contribution is 2.22. The minimum atomic E-state index is -0.0984. The summed E-state index contributed by atoms with van der Waals surface area (Å²) in [4.78, 5) is 12.6. The van der Waals surface area contributed by atoms with Gasteiger partial charge in [0, 0.05) is 5.69 Å². The van der Waals surface area contributed by atoms with E-state index in [-0.39, 0.29) is 18.3 Å². The third-order valence-electron chi connectivity index (χ3n) is 5.29. The van der Waals surface area contributed by atoms with Crippen molar-refractivity contribution in [2.45, 2.75) is 39.1 Å². The lowest BCUT2D eigenvalue weighted by Gasteiger charge is -2.11. The van der Waals surface area contributed by atoms with Crippen molar-refractivity contribution in [2.24, 2.45) is 0 Å². The summed E-state index contributed by atoms with van der Waals surface area (Å²) in [6.45, 7) is 6.76. The number of ether oxygens (including phenoxy) is 1. The average Bonchev–Trinajstić information content (AvgIpc) is 3.46. The highest BCUT2D eigenvalue weighted by molar-refractivity contribution is 7.99. The number of aromatic nitrogens is 3. The number of hydrogen-bond donors (Lipinski definition) is 1. The van der Waals surface area contributed by atoms with Crippen molar-refractivity contribution in [3.63, 3.8) is 0 Å². The maximum absolute atomic E-state index is 12.6. The summed E-state index contributed by atoms with van der Waals surface area (Å²) in [5, 5.41) is 12.2. The van der Waals surface area contributed by atoms with Crippen LogP contribution in [0.3, 0.4) is 0 Å². The molecule has 0 fully saturated rings. The molecule has 2 aromatic carbocycles. The van der Waals surface area contributed by atoms with Crippen molar-refractivity contribution in [3.8, 4) is 5.75 Å². The fourth-order valence-electron chi connectivity index (χ4n) is 3.23. The molecule has 0 aliphatic rings. The van der Waals surface area contributed by atoms with Crippen LogP contribution in [0.15, 0.2) is 70.4 Å². The SMILES string of the molecule is Cc1ccc(OCc2nnc(SCC(=O)Nc3cccc(C)c3C)n2Cc2ccco2)cc1. The number of carbonyl (C=O) groups excluding carboxylic acids is 1. The van der Waals surface area contributed by atoms with Crippen molar-refractivity contribution in [3.05, 3.63) is 89.1 Å². The van der Waals surface area contributed by atoms with Crippen molar-refractivity contribution >= 4 is 23.4 Å². The first-order valence-electron chi connectivity index (χ1n) is 10.6. The zero-order valence-electron chi connectivity index (χ0n) is 18.9. The van der Waals surface area contributed by atoms with Gasteiger partial charge in [0.05, 0.1) is 18.6 Å². The summed E-state index contributed by atoms with van der Waals surface area (Å²) in [5.41, 5.74) is 4.19. The number of rotatable bonds is 9. The van der Waals surface area contributed by atoms with Gasteiger partial charge in [-0.1, -0.05) is 41.6 Å². The third kappa shape index (κ3) is 5.84. The van der Waals surface area contributed by atoms with E-state index in [2.05, 4.69) is 15.5 Å². The van der Waals surface area contributed by atoms with Gasteiger partial charge >= 0.3 is 0 Å². The molecule has 4 aromatic rings. The summed E-state index contributed by atoms with van der Waals surface area (Å²) >= 11 is 1.33. The van der Waals surface area contributed by atoms with Crippen molar-refractivity contribution < 1.29 is 13.9 Å². The Morgan fingerprint density at radius 1 is 1.06 bits per heavy atom. The van der Waals surface area contributed by atoms with Gasteiger partial charge in [0.25, 0.3) is 0 Å². The maximum atomic E-state index is 12.6. The molecule has 4 rings (SSSR count). The number of nitrogens with zero attached hydrogens (tertiary/aromatic N) is 3. The third-order valence-corrected chi connectivity index (χ3v) is 6.25. The fourth-order valence-corrected chi connectivity index (χ4v) is 3.99. The van der Waals surface area contributed by atoms with Crippen molar-refractivity contribution in [1.82, 2.24) is 14.8 Å². The molecule has 33 heavy (non-hydrogen) atoms. The summed E-state index contributed by atoms with van der Waals surface area (Å²) in [5.74, 6) is 2.30. The molecule has 0 spiro atoms. The average molecular weight is 463 g/mol. The monoisotopic (exact) mass is 462 g/mol. The molecule has 0 aliphatic heterocycles. The van der Waals surface area contributed by atoms with Crippen molar-refractivity contribution in [1.29, 1.82) is 0 Å². The predicted molar refractivity (Wildman–Crippen MR) is 129 cm³/mol. The van der Waals surface area contributed by atoms with Crippen LogP contribution in [-0.2, 0) is 17.9 Å². The number of benzene rings is 2. The molecule has 0 unspecified atom stereocenters. The van der Waals surface area contributed by atoms with Gasteiger partial charge in [-0.25, -0.2) is 0 Å². The first-order chi connectivity index (χ1) is 16.0. The normalized spacial score (nSPS) is 10.9. The van der Waals surface area contributed by atoms with Crippen LogP contribution in [0, 0.1) is 20.8 Å². The molecule has 7 nitrogen and oxygen atoms in total. The number of aryl methyl sites for hydroxylation is 2. The molecule has 0 bridgehead atoms. The molecule has 0 aliphatic carbocycles. The van der Waals surface area contributed by atoms with Crippen LogP contribution in [0.2, 0.25) is 0 Å². The fraction of sp³-hybridized carbons (Fsp3) is 0.240. The quantitative estimate of drug-likeness (QED) is 0.346. The molecule has 2 aromatic heterocycles. The lowest BCUT2D eigenvalue weighted by atomic mass is 10.1. The molecule has 0 saturated carbocycles. The van der Waals surface area contributed by atoms with Gasteiger partial charge in [-0.3, -0.25) is 9.36 Å². The second kappa shape index (κ2) is 10.4. The Labute approximate surface area is 197 Å². The Morgan fingerprint density at radius 3 is 2.64 bits per heavy atom. The largest absolute Gasteiger partial charge is 0.486 e. The minimum absolute atomic E-state index is 0.0984. The lowest BCUT2D eigenvalue weighted by Crippen LogP contribution is -2.16. The standard InChI is InChI=1S/C25H26N4O3S/c1-17-9-11-20(12-10-17)32-15-23-27-28-25(29(23)14-21-7-5-13-31-21)33-16-24(30)26-22-8-4-6-18(2)19(22)3/h4-13H,14-16H2,1-3H3,(H,26,30). The van der Waals surface area contributed by atoms with E-state index in [0.717, 1.165) is 28.3 Å². The number of furan rings is 1. The van der Waals surface area contributed by atoms with E-state index < -0.39 is 0 Å². The van der Waals surface area contributed by atoms with E-state index in [4.69, 9.17) is 9.15 Å². The van der Waals surface area contributed by atoms with Crippen LogP contribution in [-0.4, -0.2) is 26.4 Å². The Morgan fingerprint density at radius 2 is 1.88 bits per heavy atom. The van der Waals surface area contributed by atoms with Gasteiger partial charge in [0.15, 0.2) is 11.0 Å². The van der Waals surface area contributed by atoms with E-state index >= 15 is 0 Å². The molecule has 8 heteroatoms. The van der Waals surface area contributed by atoms with Crippen LogP contribution in [0.4, 0.5) is 5.69 Å². The van der Waals surface area contributed by atoms with Crippen LogP contribution in [0.1, 0.15) is 28.3 Å². The van der Waals surface area contributed by atoms with Gasteiger partial charge < -0.3 is 14.5 Å². The molecule has 1 N–H and O–H groups in total. The molecule has 0 atom stereocenters. The van der Waals surface area contributed by atoms with Crippen molar-refractivity contribution in [2.75, 3.05) is 11.1 Å². The van der Waals surface area contributed by atoms with E-state index in [1.165, 1.54) is 17.3 Å². The van der Waals surface area contributed by atoms with Crippen LogP contribution >= 0.6 is 11.8 Å². The molecular formula is C25H26N4O3S. The Bertz CT molecular complexity index is 1220. The van der Waals surface area contributed by atoms with E-state index in [9.17, 15) is 4.79 Å². The van der Waals surface area contributed by atoms with Crippen LogP contribution in [0.25, 0.3) is 0 Å². The number of carbonyl (C=O) groups is 1. The Kier molecular flexibility index (Phi) is 7.14. The molecule has 2 heterocycles. The highest BCUT2D eigenvalue weighted by atomic mass is 32.2. The number of amides is 1. The zero-order valence-corrected chi connectivity index (χ0v) is 19.7. The van der Waals surface area contributed by atoms with E-state index in [0.29, 0.717) is 17.5 Å². The molecule has 1 amide bonds. The van der Waals surface area contributed by atoms with Gasteiger partial charge in [0.1, 0.15) is 18.1 Å². The zero-order chi connectivity index (χ0) is 23.2. The summed E-state index contributed by atoms with van der Waals surface area (Å²) < 4.78 is 13.3. The predicted octanol–water partition coefficient (Wildman–Crippen LogP) is 5.15. The highest BCUT2D eigenvalue weighted by Gasteiger charge is 2.17. The molecular weight excluding hydrogens is 436 g/mol. The molecule has 170 valence electrons. The maximum Gasteiger partial charge on any atom is 0.234 e. The second-order valence-electron chi connectivity index (χ2n) is 7.75. The summed E-state index contributed by atoms with van der Waals surface area (Å²) in [6, 6.07) is 17.5. The number of anilines is 1. The van der Waals surface area contributed by atoms with Gasteiger partial charge in [-0.15, -0.1) is 10.2 Å². The molecule has 0 radical (unpaired) electrons. The topological polar surface area (TPSA) is 82.2 Å². The lowest BCUT2D eigenvalue weighted by molar-refractivity contribution is -0.113. The van der Waals surface area contributed by atoms with Crippen LogP contribution in [0.5, 0.6) is 5.75 Å². The number of nitrogens with one attached hydrogen (secondary N) is 1. The first-order valence-corrected chi connectivity index (χ1v) is 11.6. The second-order valence-corrected chi connectivity index (χ2v) is 8.69. The van der Waals surface area contributed by atoms with E-state index in [1.54, 1.807) is 6.26 Å². The number of hydrogen-bond acceptors (Lipinski definition) is 6. The van der Waals surface area contributed by atoms with Gasteiger partial charge in [0.2, 0.25) is 5.91 Å². The molecule has 0 saturated heterocycles. The van der Waals surface area contributed by atoms with Crippen LogP contribution < -0.4 is 10.1 Å². The minimum Gasteiger partial charge on any atom is -0.486 e.